The number of guanidine groups is 1. The van der Waals surface area contributed by atoms with Gasteiger partial charge in [0.1, 0.15) is 5.15 Å². The minimum absolute atomic E-state index is 0.532. The van der Waals surface area contributed by atoms with Gasteiger partial charge >= 0.3 is 0 Å². The summed E-state index contributed by atoms with van der Waals surface area (Å²) in [7, 11) is 0. The lowest BCUT2D eigenvalue weighted by Crippen LogP contribution is -2.39. The fourth-order valence-electron chi connectivity index (χ4n) is 3.58. The standard InChI is InChI=1S/C22H33ClN6S/c1-3-21-28-19(16-30-21)15-29-11-8-18(9-12-29)14-27-22(24-4-2)25-10-7-17-5-6-20(23)26-13-17/h5-6,13,16,18H,3-4,7-12,14-15H2,1-2H3,(H2,24,25,27). The normalized spacial score (nSPS) is 16.0. The van der Waals surface area contributed by atoms with Crippen LogP contribution in [0.15, 0.2) is 28.7 Å². The summed E-state index contributed by atoms with van der Waals surface area (Å²) >= 11 is 7.63. The molecule has 0 amide bonds. The van der Waals surface area contributed by atoms with E-state index in [9.17, 15) is 0 Å². The number of aryl methyl sites for hydroxylation is 1. The molecule has 0 bridgehead atoms. The Bertz CT molecular complexity index is 783. The van der Waals surface area contributed by atoms with Gasteiger partial charge in [0.15, 0.2) is 5.96 Å². The van der Waals surface area contributed by atoms with Gasteiger partial charge in [-0.2, -0.15) is 0 Å². The molecule has 0 aromatic carbocycles. The topological polar surface area (TPSA) is 65.4 Å². The minimum atomic E-state index is 0.532. The first-order valence-electron chi connectivity index (χ1n) is 10.9. The molecule has 3 rings (SSSR count). The number of likely N-dealkylation sites (tertiary alicyclic amines) is 1. The highest BCUT2D eigenvalue weighted by Gasteiger charge is 2.20. The lowest BCUT2D eigenvalue weighted by molar-refractivity contribution is 0.179. The molecule has 0 saturated carbocycles. The number of aromatic nitrogens is 2. The first kappa shape index (κ1) is 23.0. The van der Waals surface area contributed by atoms with Crippen molar-refractivity contribution in [3.63, 3.8) is 0 Å². The zero-order valence-corrected chi connectivity index (χ0v) is 19.6. The van der Waals surface area contributed by atoms with Crippen molar-refractivity contribution in [2.24, 2.45) is 10.9 Å². The van der Waals surface area contributed by atoms with Crippen LogP contribution in [0.1, 0.15) is 43.0 Å². The summed E-state index contributed by atoms with van der Waals surface area (Å²) in [6, 6.07) is 3.85. The summed E-state index contributed by atoms with van der Waals surface area (Å²) in [6.07, 6.45) is 6.15. The van der Waals surface area contributed by atoms with Crippen LogP contribution in [0, 0.1) is 5.92 Å². The number of nitrogens with zero attached hydrogens (tertiary/aromatic N) is 4. The molecular weight excluding hydrogens is 416 g/mol. The monoisotopic (exact) mass is 448 g/mol. The Morgan fingerprint density at radius 3 is 2.77 bits per heavy atom. The maximum Gasteiger partial charge on any atom is 0.191 e. The fraction of sp³-hybridized carbons (Fsp3) is 0.591. The third-order valence-electron chi connectivity index (χ3n) is 5.34. The van der Waals surface area contributed by atoms with Gasteiger partial charge in [0.2, 0.25) is 0 Å². The number of hydrogen-bond donors (Lipinski definition) is 2. The molecular formula is C22H33ClN6S. The Morgan fingerprint density at radius 2 is 2.10 bits per heavy atom. The van der Waals surface area contributed by atoms with E-state index in [2.05, 4.69) is 39.7 Å². The fourth-order valence-corrected chi connectivity index (χ4v) is 4.43. The molecule has 0 spiro atoms. The number of hydrogen-bond acceptors (Lipinski definition) is 5. The largest absolute Gasteiger partial charge is 0.357 e. The van der Waals surface area contributed by atoms with Gasteiger partial charge in [-0.25, -0.2) is 9.97 Å². The number of thiazole rings is 1. The number of pyridine rings is 1. The van der Waals surface area contributed by atoms with Gasteiger partial charge in [-0.1, -0.05) is 24.6 Å². The van der Waals surface area contributed by atoms with Gasteiger partial charge in [0.25, 0.3) is 0 Å². The van der Waals surface area contributed by atoms with Crippen LogP contribution in [-0.2, 0) is 19.4 Å². The Hall–Kier alpha value is -1.70. The zero-order chi connectivity index (χ0) is 21.2. The van der Waals surface area contributed by atoms with Crippen molar-refractivity contribution < 1.29 is 0 Å². The zero-order valence-electron chi connectivity index (χ0n) is 18.0. The Labute approximate surface area is 189 Å². The Morgan fingerprint density at radius 1 is 1.27 bits per heavy atom. The second-order valence-electron chi connectivity index (χ2n) is 7.69. The van der Waals surface area contributed by atoms with Crippen LogP contribution >= 0.6 is 22.9 Å². The summed E-state index contributed by atoms with van der Waals surface area (Å²) in [6.45, 7) is 10.1. The van der Waals surface area contributed by atoms with E-state index >= 15 is 0 Å². The number of nitrogens with one attached hydrogen (secondary N) is 2. The van der Waals surface area contributed by atoms with Crippen molar-refractivity contribution in [2.75, 3.05) is 32.7 Å². The number of halogens is 1. The van der Waals surface area contributed by atoms with Crippen LogP contribution in [-0.4, -0.2) is 53.6 Å². The average Bonchev–Trinajstić information content (AvgIpc) is 3.22. The molecule has 30 heavy (non-hydrogen) atoms. The molecule has 2 aromatic heterocycles. The first-order chi connectivity index (χ1) is 14.7. The van der Waals surface area contributed by atoms with Crippen molar-refractivity contribution >= 4 is 28.9 Å². The van der Waals surface area contributed by atoms with Crippen molar-refractivity contribution in [1.29, 1.82) is 0 Å². The molecule has 0 radical (unpaired) electrons. The smallest absolute Gasteiger partial charge is 0.191 e. The van der Waals surface area contributed by atoms with Crippen LogP contribution in [0.4, 0.5) is 0 Å². The van der Waals surface area contributed by atoms with E-state index in [1.807, 2.05) is 18.3 Å². The maximum atomic E-state index is 5.85. The number of aliphatic imine (C=N–C) groups is 1. The predicted octanol–water partition coefficient (Wildman–Crippen LogP) is 3.76. The summed E-state index contributed by atoms with van der Waals surface area (Å²) in [5.74, 6) is 1.55. The summed E-state index contributed by atoms with van der Waals surface area (Å²) < 4.78 is 0. The molecule has 1 fully saturated rings. The SMILES string of the molecule is CCNC(=NCC1CCN(Cc2csc(CC)n2)CC1)NCCc1ccc(Cl)nc1. The molecule has 0 unspecified atom stereocenters. The molecule has 3 heterocycles. The van der Waals surface area contributed by atoms with Crippen molar-refractivity contribution in [3.05, 3.63) is 45.1 Å². The van der Waals surface area contributed by atoms with E-state index in [0.717, 1.165) is 58.1 Å². The number of rotatable bonds is 9. The molecule has 164 valence electrons. The van der Waals surface area contributed by atoms with E-state index in [1.165, 1.54) is 29.1 Å². The van der Waals surface area contributed by atoms with Gasteiger partial charge in [-0.15, -0.1) is 11.3 Å². The van der Waals surface area contributed by atoms with Crippen LogP contribution in [0.25, 0.3) is 0 Å². The highest BCUT2D eigenvalue weighted by molar-refractivity contribution is 7.09. The molecule has 2 aromatic rings. The van der Waals surface area contributed by atoms with Gasteiger partial charge in [-0.3, -0.25) is 9.89 Å². The quantitative estimate of drug-likeness (QED) is 0.347. The van der Waals surface area contributed by atoms with Gasteiger partial charge < -0.3 is 10.6 Å². The second kappa shape index (κ2) is 12.2. The van der Waals surface area contributed by atoms with Crippen molar-refractivity contribution in [2.45, 2.75) is 46.1 Å². The van der Waals surface area contributed by atoms with Crippen molar-refractivity contribution in [3.8, 4) is 0 Å². The van der Waals surface area contributed by atoms with Crippen molar-refractivity contribution in [1.82, 2.24) is 25.5 Å². The minimum Gasteiger partial charge on any atom is -0.357 e. The maximum absolute atomic E-state index is 5.85. The highest BCUT2D eigenvalue weighted by Crippen LogP contribution is 2.20. The second-order valence-corrected chi connectivity index (χ2v) is 9.02. The third-order valence-corrected chi connectivity index (χ3v) is 6.61. The summed E-state index contributed by atoms with van der Waals surface area (Å²) in [5, 5.41) is 10.8. The summed E-state index contributed by atoms with van der Waals surface area (Å²) in [4.78, 5) is 16.2. The van der Waals surface area contributed by atoms with Crippen LogP contribution in [0.2, 0.25) is 5.15 Å². The highest BCUT2D eigenvalue weighted by atomic mass is 35.5. The molecule has 8 heteroatoms. The van der Waals surface area contributed by atoms with Gasteiger partial charge in [0, 0.05) is 37.8 Å². The lowest BCUT2D eigenvalue weighted by Gasteiger charge is -2.30. The van der Waals surface area contributed by atoms with E-state index < -0.39 is 0 Å². The first-order valence-corrected chi connectivity index (χ1v) is 12.2. The van der Waals surface area contributed by atoms with E-state index in [4.69, 9.17) is 21.6 Å². The molecule has 1 aliphatic heterocycles. The van der Waals surface area contributed by atoms with E-state index in [1.54, 1.807) is 11.3 Å². The van der Waals surface area contributed by atoms with Crippen LogP contribution in [0.3, 0.4) is 0 Å². The Balaban J connectivity index is 1.39. The molecule has 0 atom stereocenters. The van der Waals surface area contributed by atoms with Gasteiger partial charge in [0.05, 0.1) is 10.7 Å². The molecule has 2 N–H and O–H groups in total. The Kier molecular flexibility index (Phi) is 9.36. The van der Waals surface area contributed by atoms with Gasteiger partial charge in [-0.05, 0) is 63.2 Å². The van der Waals surface area contributed by atoms with Crippen LogP contribution in [0.5, 0.6) is 0 Å². The predicted molar refractivity (Wildman–Crippen MR) is 126 cm³/mol. The number of piperidine rings is 1. The molecule has 1 aliphatic rings. The van der Waals surface area contributed by atoms with E-state index in [0.29, 0.717) is 11.1 Å². The summed E-state index contributed by atoms with van der Waals surface area (Å²) in [5.41, 5.74) is 2.39. The van der Waals surface area contributed by atoms with Crippen LogP contribution < -0.4 is 10.6 Å². The third kappa shape index (κ3) is 7.52. The molecule has 1 saturated heterocycles. The lowest BCUT2D eigenvalue weighted by atomic mass is 9.97. The van der Waals surface area contributed by atoms with E-state index in [-0.39, 0.29) is 0 Å². The average molecular weight is 449 g/mol. The molecule has 6 nitrogen and oxygen atoms in total. The molecule has 0 aliphatic carbocycles.